The topological polar surface area (TPSA) is 66.8 Å². The number of halogens is 1. The lowest BCUT2D eigenvalue weighted by Gasteiger charge is -2.26. The zero-order chi connectivity index (χ0) is 17.6. The van der Waals surface area contributed by atoms with Crippen molar-refractivity contribution >= 4 is 38.5 Å². The van der Waals surface area contributed by atoms with Crippen molar-refractivity contribution in [3.8, 4) is 5.75 Å². The number of hydrogen-bond donors (Lipinski definition) is 1. The van der Waals surface area contributed by atoms with Crippen LogP contribution in [-0.4, -0.2) is 22.0 Å². The summed E-state index contributed by atoms with van der Waals surface area (Å²) in [6, 6.07) is 15.7. The molecule has 1 aliphatic rings. The molecule has 0 aliphatic carbocycles. The van der Waals surface area contributed by atoms with Crippen LogP contribution in [0.5, 0.6) is 5.75 Å². The maximum absolute atomic E-state index is 12.8. The molecule has 0 saturated heterocycles. The monoisotopic (exact) mass is 397 g/mol. The Hall–Kier alpha value is -2.70. The van der Waals surface area contributed by atoms with Gasteiger partial charge in [0.05, 0.1) is 15.6 Å². The number of phenols is 1. The second-order valence-corrected chi connectivity index (χ2v) is 6.44. The zero-order valence-corrected chi connectivity index (χ0v) is 14.5. The van der Waals surface area contributed by atoms with E-state index < -0.39 is 11.8 Å². The molecule has 2 amide bonds. The maximum Gasteiger partial charge on any atom is 0.285 e. The van der Waals surface area contributed by atoms with Crippen molar-refractivity contribution in [2.45, 2.75) is 6.61 Å². The number of amides is 2. The van der Waals surface area contributed by atoms with Crippen molar-refractivity contribution in [2.24, 2.45) is 0 Å². The molecule has 5 nitrogen and oxygen atoms in total. The summed E-state index contributed by atoms with van der Waals surface area (Å²) in [6.07, 6.45) is 0. The van der Waals surface area contributed by atoms with Gasteiger partial charge in [0.2, 0.25) is 0 Å². The van der Waals surface area contributed by atoms with Gasteiger partial charge in [-0.15, -0.1) is 5.06 Å². The van der Waals surface area contributed by atoms with Crippen LogP contribution < -0.4 is 0 Å². The largest absolute Gasteiger partial charge is 0.507 e. The van der Waals surface area contributed by atoms with Gasteiger partial charge in [0, 0.05) is 10.8 Å². The Morgan fingerprint density at radius 1 is 0.960 bits per heavy atom. The van der Waals surface area contributed by atoms with Crippen LogP contribution in [0.2, 0.25) is 0 Å². The van der Waals surface area contributed by atoms with E-state index in [0.717, 1.165) is 10.6 Å². The predicted molar refractivity (Wildman–Crippen MR) is 95.0 cm³/mol. The van der Waals surface area contributed by atoms with Gasteiger partial charge in [-0.3, -0.25) is 14.4 Å². The Balaban J connectivity index is 1.77. The molecule has 1 heterocycles. The molecule has 4 rings (SSSR count). The van der Waals surface area contributed by atoms with Crippen molar-refractivity contribution in [1.82, 2.24) is 5.06 Å². The lowest BCUT2D eigenvalue weighted by Crippen LogP contribution is -2.40. The highest BCUT2D eigenvalue weighted by molar-refractivity contribution is 9.10. The number of hydroxylamine groups is 2. The van der Waals surface area contributed by atoms with Gasteiger partial charge in [-0.25, -0.2) is 0 Å². The van der Waals surface area contributed by atoms with Crippen LogP contribution >= 0.6 is 15.9 Å². The fourth-order valence-electron chi connectivity index (χ4n) is 2.92. The second kappa shape index (κ2) is 5.98. The van der Waals surface area contributed by atoms with Gasteiger partial charge < -0.3 is 5.11 Å². The first kappa shape index (κ1) is 15.8. The Labute approximate surface area is 151 Å². The molecule has 6 heteroatoms. The van der Waals surface area contributed by atoms with E-state index >= 15 is 0 Å². The predicted octanol–water partition coefficient (Wildman–Crippen LogP) is 4.04. The number of benzene rings is 3. The first-order chi connectivity index (χ1) is 12.1. The summed E-state index contributed by atoms with van der Waals surface area (Å²) in [5.41, 5.74) is 1.44. The summed E-state index contributed by atoms with van der Waals surface area (Å²) in [6.45, 7) is 0.0894. The molecule has 0 spiro atoms. The van der Waals surface area contributed by atoms with Gasteiger partial charge >= 0.3 is 0 Å². The molecule has 0 radical (unpaired) electrons. The molecular formula is C19H12BrNO4. The van der Waals surface area contributed by atoms with Gasteiger partial charge in [-0.2, -0.15) is 0 Å². The minimum atomic E-state index is -0.590. The standard InChI is InChI=1S/C19H12BrNO4/c20-17-12-7-4-8-13-16(12)14(9-15(17)22)19(24)21(18(13)23)25-10-11-5-2-1-3-6-11/h1-9,22H,10H2. The van der Waals surface area contributed by atoms with E-state index in [2.05, 4.69) is 15.9 Å². The van der Waals surface area contributed by atoms with E-state index in [1.165, 1.54) is 6.07 Å². The Bertz CT molecular complexity index is 1020. The lowest BCUT2D eigenvalue weighted by atomic mass is 9.94. The molecule has 124 valence electrons. The van der Waals surface area contributed by atoms with Crippen molar-refractivity contribution < 1.29 is 19.5 Å². The summed E-state index contributed by atoms with van der Waals surface area (Å²) >= 11 is 3.30. The summed E-state index contributed by atoms with van der Waals surface area (Å²) in [7, 11) is 0. The molecule has 0 aromatic heterocycles. The van der Waals surface area contributed by atoms with E-state index in [-0.39, 0.29) is 17.9 Å². The van der Waals surface area contributed by atoms with Gasteiger partial charge in [-0.05, 0) is 33.6 Å². The molecule has 0 fully saturated rings. The second-order valence-electron chi connectivity index (χ2n) is 5.65. The van der Waals surface area contributed by atoms with Crippen molar-refractivity contribution in [3.05, 3.63) is 75.8 Å². The normalized spacial score (nSPS) is 13.6. The molecule has 25 heavy (non-hydrogen) atoms. The fraction of sp³-hybridized carbons (Fsp3) is 0.0526. The van der Waals surface area contributed by atoms with Gasteiger partial charge in [0.15, 0.2) is 0 Å². The van der Waals surface area contributed by atoms with Crippen LogP contribution in [0.4, 0.5) is 0 Å². The van der Waals surface area contributed by atoms with Gasteiger partial charge in [0.25, 0.3) is 11.8 Å². The number of hydrogen-bond acceptors (Lipinski definition) is 4. The molecule has 0 atom stereocenters. The third kappa shape index (κ3) is 2.50. The Morgan fingerprint density at radius 3 is 2.44 bits per heavy atom. The highest BCUT2D eigenvalue weighted by Crippen LogP contribution is 2.39. The number of carbonyl (C=O) groups excluding carboxylic acids is 2. The van der Waals surface area contributed by atoms with Crippen LogP contribution in [0, 0.1) is 0 Å². The number of aromatic hydroxyl groups is 1. The molecule has 1 N–H and O–H groups in total. The number of imide groups is 1. The molecule has 0 bridgehead atoms. The minimum absolute atomic E-state index is 0.0645. The Kier molecular flexibility index (Phi) is 3.78. The molecule has 0 saturated carbocycles. The number of rotatable bonds is 3. The summed E-state index contributed by atoms with van der Waals surface area (Å²) in [4.78, 5) is 31.0. The van der Waals surface area contributed by atoms with Crippen LogP contribution in [-0.2, 0) is 11.4 Å². The van der Waals surface area contributed by atoms with Crippen molar-refractivity contribution in [2.75, 3.05) is 0 Å². The summed E-state index contributed by atoms with van der Waals surface area (Å²) < 4.78 is 0.451. The first-order valence-electron chi connectivity index (χ1n) is 7.57. The number of phenolic OH excluding ortho intramolecular Hbond substituents is 1. The highest BCUT2D eigenvalue weighted by Gasteiger charge is 2.35. The Morgan fingerprint density at radius 2 is 1.68 bits per heavy atom. The van der Waals surface area contributed by atoms with E-state index in [9.17, 15) is 14.7 Å². The van der Waals surface area contributed by atoms with Gasteiger partial charge in [0.1, 0.15) is 12.4 Å². The quantitative estimate of drug-likeness (QED) is 0.677. The number of nitrogens with zero attached hydrogens (tertiary/aromatic N) is 1. The average Bonchev–Trinajstić information content (AvgIpc) is 2.64. The van der Waals surface area contributed by atoms with E-state index in [1.54, 1.807) is 18.2 Å². The third-order valence-electron chi connectivity index (χ3n) is 4.11. The van der Waals surface area contributed by atoms with Crippen LogP contribution in [0.1, 0.15) is 26.3 Å². The lowest BCUT2D eigenvalue weighted by molar-refractivity contribution is -0.104. The summed E-state index contributed by atoms with van der Waals surface area (Å²) in [5, 5.41) is 12.0. The maximum atomic E-state index is 12.8. The van der Waals surface area contributed by atoms with Crippen LogP contribution in [0.15, 0.2) is 59.1 Å². The zero-order valence-electron chi connectivity index (χ0n) is 12.9. The minimum Gasteiger partial charge on any atom is -0.507 e. The van der Waals surface area contributed by atoms with E-state index in [0.29, 0.717) is 20.8 Å². The van der Waals surface area contributed by atoms with Crippen LogP contribution in [0.3, 0.4) is 0 Å². The molecular weight excluding hydrogens is 386 g/mol. The van der Waals surface area contributed by atoms with Crippen molar-refractivity contribution in [3.63, 3.8) is 0 Å². The van der Waals surface area contributed by atoms with E-state index in [4.69, 9.17) is 4.84 Å². The average molecular weight is 398 g/mol. The molecule has 0 unspecified atom stereocenters. The van der Waals surface area contributed by atoms with Crippen LogP contribution in [0.25, 0.3) is 10.8 Å². The number of carbonyl (C=O) groups is 2. The SMILES string of the molecule is O=C1c2cccc3c(Br)c(O)cc(c23)C(=O)N1OCc1ccccc1. The van der Waals surface area contributed by atoms with E-state index in [1.807, 2.05) is 30.3 Å². The van der Waals surface area contributed by atoms with Crippen molar-refractivity contribution in [1.29, 1.82) is 0 Å². The smallest absolute Gasteiger partial charge is 0.285 e. The van der Waals surface area contributed by atoms with Gasteiger partial charge in [-0.1, -0.05) is 42.5 Å². The third-order valence-corrected chi connectivity index (χ3v) is 4.94. The highest BCUT2D eigenvalue weighted by atomic mass is 79.9. The molecule has 3 aromatic carbocycles. The molecule has 3 aromatic rings. The molecule has 1 aliphatic heterocycles. The first-order valence-corrected chi connectivity index (χ1v) is 8.37. The fourth-order valence-corrected chi connectivity index (χ4v) is 3.37. The summed E-state index contributed by atoms with van der Waals surface area (Å²) in [5.74, 6) is -1.17.